The predicted molar refractivity (Wildman–Crippen MR) is 113 cm³/mol. The Hall–Kier alpha value is -2.80. The maximum Gasteiger partial charge on any atom is 0.350 e. The van der Waals surface area contributed by atoms with Crippen LogP contribution in [0.25, 0.3) is 27.3 Å². The van der Waals surface area contributed by atoms with Crippen molar-refractivity contribution in [3.8, 4) is 21.7 Å². The summed E-state index contributed by atoms with van der Waals surface area (Å²) in [6.45, 7) is 10.9. The summed E-state index contributed by atoms with van der Waals surface area (Å²) in [5.74, 6) is 0. The van der Waals surface area contributed by atoms with Crippen LogP contribution >= 0.6 is 11.3 Å². The molecule has 0 saturated carbocycles. The van der Waals surface area contributed by atoms with Crippen molar-refractivity contribution >= 4 is 17.0 Å². The summed E-state index contributed by atoms with van der Waals surface area (Å²) in [6.07, 6.45) is 1.81. The van der Waals surface area contributed by atoms with Crippen molar-refractivity contribution in [2.75, 3.05) is 0 Å². The zero-order chi connectivity index (χ0) is 20.1. The van der Waals surface area contributed by atoms with Crippen LogP contribution in [0.2, 0.25) is 0 Å². The Morgan fingerprint density at radius 1 is 1.04 bits per heavy atom. The summed E-state index contributed by atoms with van der Waals surface area (Å²) in [4.78, 5) is 12.6. The molecule has 28 heavy (non-hydrogen) atoms. The second kappa shape index (κ2) is 6.67. The van der Waals surface area contributed by atoms with Crippen molar-refractivity contribution in [1.82, 2.24) is 24.4 Å². The standard InChI is InChI=1S/C21H23N5OS/c1-13-6-7-16(19-23-22-14(2)28-19)10-17(13)15-8-9-25-18(11-15)24-26(20(25)27)12-21(3,4)5/h6-11H,12H2,1-5H3. The van der Waals surface area contributed by atoms with Gasteiger partial charge in [-0.1, -0.05) is 44.2 Å². The Balaban J connectivity index is 1.80. The molecule has 0 amide bonds. The summed E-state index contributed by atoms with van der Waals surface area (Å²) in [6, 6.07) is 10.2. The summed E-state index contributed by atoms with van der Waals surface area (Å²) in [7, 11) is 0. The number of rotatable bonds is 3. The molecule has 0 bridgehead atoms. The number of aromatic nitrogens is 5. The number of aryl methyl sites for hydroxylation is 2. The second-order valence-electron chi connectivity index (χ2n) is 8.30. The van der Waals surface area contributed by atoms with E-state index < -0.39 is 0 Å². The molecular formula is C21H23N5OS. The third kappa shape index (κ3) is 3.49. The van der Waals surface area contributed by atoms with Gasteiger partial charge in [0, 0.05) is 11.8 Å². The molecule has 0 aliphatic rings. The van der Waals surface area contributed by atoms with E-state index >= 15 is 0 Å². The van der Waals surface area contributed by atoms with E-state index in [4.69, 9.17) is 0 Å². The van der Waals surface area contributed by atoms with E-state index in [0.29, 0.717) is 12.2 Å². The van der Waals surface area contributed by atoms with Gasteiger partial charge in [0.1, 0.15) is 10.0 Å². The van der Waals surface area contributed by atoms with Crippen molar-refractivity contribution < 1.29 is 0 Å². The first-order valence-electron chi connectivity index (χ1n) is 9.22. The minimum Gasteiger partial charge on any atom is -0.250 e. The molecule has 4 aromatic rings. The molecule has 6 nitrogen and oxygen atoms in total. The fraction of sp³-hybridized carbons (Fsp3) is 0.333. The molecule has 0 N–H and O–H groups in total. The summed E-state index contributed by atoms with van der Waals surface area (Å²) >= 11 is 1.58. The lowest BCUT2D eigenvalue weighted by Gasteiger charge is -2.16. The molecule has 3 heterocycles. The van der Waals surface area contributed by atoms with Crippen molar-refractivity contribution in [2.45, 2.75) is 41.2 Å². The molecule has 0 saturated heterocycles. The fourth-order valence-electron chi connectivity index (χ4n) is 3.22. The van der Waals surface area contributed by atoms with E-state index in [2.05, 4.69) is 61.2 Å². The quantitative estimate of drug-likeness (QED) is 0.519. The lowest BCUT2D eigenvalue weighted by molar-refractivity contribution is 0.320. The Morgan fingerprint density at radius 3 is 2.50 bits per heavy atom. The van der Waals surface area contributed by atoms with Crippen molar-refractivity contribution in [3.05, 3.63) is 57.6 Å². The molecule has 0 radical (unpaired) electrons. The summed E-state index contributed by atoms with van der Waals surface area (Å²) < 4.78 is 3.15. The van der Waals surface area contributed by atoms with Gasteiger partial charge in [0.2, 0.25) is 0 Å². The van der Waals surface area contributed by atoms with Crippen LogP contribution in [0.5, 0.6) is 0 Å². The van der Waals surface area contributed by atoms with Crippen LogP contribution in [-0.4, -0.2) is 24.4 Å². The van der Waals surface area contributed by atoms with Gasteiger partial charge in [-0.2, -0.15) is 0 Å². The first-order chi connectivity index (χ1) is 13.2. The van der Waals surface area contributed by atoms with Crippen LogP contribution in [0, 0.1) is 19.3 Å². The van der Waals surface area contributed by atoms with Gasteiger partial charge in [0.25, 0.3) is 0 Å². The van der Waals surface area contributed by atoms with E-state index in [-0.39, 0.29) is 11.1 Å². The molecule has 0 unspecified atom stereocenters. The topological polar surface area (TPSA) is 65.1 Å². The third-order valence-electron chi connectivity index (χ3n) is 4.53. The average Bonchev–Trinajstić information content (AvgIpc) is 3.18. The zero-order valence-corrected chi connectivity index (χ0v) is 17.5. The highest BCUT2D eigenvalue weighted by Gasteiger charge is 2.16. The molecular weight excluding hydrogens is 370 g/mol. The molecule has 0 aliphatic heterocycles. The van der Waals surface area contributed by atoms with Gasteiger partial charge < -0.3 is 0 Å². The minimum atomic E-state index is -0.105. The van der Waals surface area contributed by atoms with Gasteiger partial charge in [0.15, 0.2) is 5.65 Å². The van der Waals surface area contributed by atoms with Crippen molar-refractivity contribution in [2.24, 2.45) is 5.41 Å². The van der Waals surface area contributed by atoms with E-state index in [1.54, 1.807) is 26.6 Å². The highest BCUT2D eigenvalue weighted by atomic mass is 32.1. The molecule has 0 aliphatic carbocycles. The van der Waals surface area contributed by atoms with Crippen LogP contribution in [0.4, 0.5) is 0 Å². The largest absolute Gasteiger partial charge is 0.350 e. The Kier molecular flexibility index (Phi) is 4.42. The van der Waals surface area contributed by atoms with E-state index in [0.717, 1.165) is 32.3 Å². The van der Waals surface area contributed by atoms with Crippen LogP contribution in [0.3, 0.4) is 0 Å². The smallest absolute Gasteiger partial charge is 0.250 e. The number of fused-ring (bicyclic) bond motifs is 1. The summed E-state index contributed by atoms with van der Waals surface area (Å²) in [5.41, 5.74) is 4.86. The first kappa shape index (κ1) is 18.6. The van der Waals surface area contributed by atoms with E-state index in [9.17, 15) is 4.79 Å². The SMILES string of the molecule is Cc1nnc(-c2ccc(C)c(-c3ccn4c(=O)n(CC(C)(C)C)nc4c3)c2)s1. The number of pyridine rings is 1. The van der Waals surface area contributed by atoms with Crippen LogP contribution in [0.1, 0.15) is 31.3 Å². The average molecular weight is 394 g/mol. The maximum atomic E-state index is 12.6. The molecule has 4 rings (SSSR count). The van der Waals surface area contributed by atoms with Gasteiger partial charge in [-0.3, -0.25) is 4.40 Å². The Labute approximate surface area is 167 Å². The van der Waals surface area contributed by atoms with E-state index in [1.807, 2.05) is 19.1 Å². The summed E-state index contributed by atoms with van der Waals surface area (Å²) in [5, 5.41) is 14.8. The first-order valence-corrected chi connectivity index (χ1v) is 10.0. The molecule has 1 aromatic carbocycles. The molecule has 7 heteroatoms. The third-order valence-corrected chi connectivity index (χ3v) is 5.42. The van der Waals surface area contributed by atoms with Crippen molar-refractivity contribution in [1.29, 1.82) is 0 Å². The highest BCUT2D eigenvalue weighted by molar-refractivity contribution is 7.14. The van der Waals surface area contributed by atoms with Crippen molar-refractivity contribution in [3.63, 3.8) is 0 Å². The highest BCUT2D eigenvalue weighted by Crippen LogP contribution is 2.31. The van der Waals surface area contributed by atoms with Crippen LogP contribution in [0.15, 0.2) is 41.3 Å². The van der Waals surface area contributed by atoms with Gasteiger partial charge in [-0.05, 0) is 54.2 Å². The number of hydrogen-bond acceptors (Lipinski definition) is 5. The van der Waals surface area contributed by atoms with Gasteiger partial charge >= 0.3 is 5.69 Å². The fourth-order valence-corrected chi connectivity index (χ4v) is 3.90. The molecule has 0 fully saturated rings. The van der Waals surface area contributed by atoms with Gasteiger partial charge in [-0.25, -0.2) is 9.48 Å². The normalized spacial score (nSPS) is 12.0. The molecule has 3 aromatic heterocycles. The van der Waals surface area contributed by atoms with Crippen LogP contribution < -0.4 is 5.69 Å². The minimum absolute atomic E-state index is 0.0185. The molecule has 0 spiro atoms. The monoisotopic (exact) mass is 393 g/mol. The number of benzene rings is 1. The molecule has 0 atom stereocenters. The second-order valence-corrected chi connectivity index (χ2v) is 9.48. The predicted octanol–water partition coefficient (Wildman–Crippen LogP) is 4.34. The lowest BCUT2D eigenvalue weighted by atomic mass is 9.97. The number of nitrogens with zero attached hydrogens (tertiary/aromatic N) is 5. The Morgan fingerprint density at radius 2 is 1.82 bits per heavy atom. The van der Waals surface area contributed by atoms with Crippen LogP contribution in [-0.2, 0) is 6.54 Å². The zero-order valence-electron chi connectivity index (χ0n) is 16.7. The Bertz CT molecular complexity index is 1230. The maximum absolute atomic E-state index is 12.6. The van der Waals surface area contributed by atoms with E-state index in [1.165, 1.54) is 0 Å². The van der Waals surface area contributed by atoms with Gasteiger partial charge in [-0.15, -0.1) is 15.3 Å². The lowest BCUT2D eigenvalue weighted by Crippen LogP contribution is -2.27. The molecule has 144 valence electrons. The number of hydrogen-bond donors (Lipinski definition) is 0. The van der Waals surface area contributed by atoms with Gasteiger partial charge in [0.05, 0.1) is 6.54 Å².